The molecule has 6 nitrogen and oxygen atoms in total. The predicted octanol–water partition coefficient (Wildman–Crippen LogP) is 7.89. The number of nitriles is 1. The third-order valence-corrected chi connectivity index (χ3v) is 13.2. The van der Waals surface area contributed by atoms with Crippen LogP contribution in [0, 0.1) is 29.8 Å². The summed E-state index contributed by atoms with van der Waals surface area (Å²) in [5.74, 6) is 1.64. The van der Waals surface area contributed by atoms with Crippen molar-refractivity contribution in [2.75, 3.05) is 0 Å². The predicted molar refractivity (Wildman–Crippen MR) is 200 cm³/mol. The molecule has 4 heterocycles. The van der Waals surface area contributed by atoms with Gasteiger partial charge in [0, 0.05) is 52.4 Å². The fraction of sp³-hybridized carbons (Fsp3) is 0.140. The molecule has 0 spiro atoms. The van der Waals surface area contributed by atoms with Crippen LogP contribution in [0.2, 0.25) is 13.1 Å². The van der Waals surface area contributed by atoms with Crippen LogP contribution in [0.3, 0.4) is 0 Å². The van der Waals surface area contributed by atoms with Crippen molar-refractivity contribution in [2.45, 2.75) is 39.3 Å². The van der Waals surface area contributed by atoms with Gasteiger partial charge in [-0.05, 0) is 64.5 Å². The van der Waals surface area contributed by atoms with Crippen LogP contribution in [0.15, 0.2) is 109 Å². The van der Waals surface area contributed by atoms with Crippen LogP contribution in [-0.4, -0.2) is 22.2 Å². The molecule has 252 valence electrons. The van der Waals surface area contributed by atoms with Crippen molar-refractivity contribution in [2.24, 2.45) is 0 Å². The number of fused-ring (bicyclic) bond motifs is 5. The number of hydrogen-bond donors (Lipinski definition) is 0. The number of ether oxygens (including phenoxy) is 1. The number of nitrogens with zero attached hydrogens (tertiary/aromatic N) is 5. The monoisotopic (exact) mass is 863 g/mol. The first-order valence-corrected chi connectivity index (χ1v) is 19.4. The molecule has 9 rings (SSSR count). The van der Waals surface area contributed by atoms with E-state index in [9.17, 15) is 5.26 Å². The van der Waals surface area contributed by atoms with E-state index >= 15 is 0 Å². The van der Waals surface area contributed by atoms with Gasteiger partial charge in [0.25, 0.3) is 6.33 Å². The zero-order valence-corrected chi connectivity index (χ0v) is 31.7. The molecule has 8 aromatic rings. The fourth-order valence-corrected chi connectivity index (χ4v) is 10.0. The number of rotatable bonds is 4. The first-order valence-electron chi connectivity index (χ1n) is 18.9. The maximum atomic E-state index is 9.72. The summed E-state index contributed by atoms with van der Waals surface area (Å²) in [6.45, 7) is 11.0. The Labute approximate surface area is 319 Å². The molecule has 0 fully saturated rings. The molecule has 51 heavy (non-hydrogen) atoms. The minimum absolute atomic E-state index is 0. The number of imidazole rings is 1. The minimum atomic E-state index is -2.33. The van der Waals surface area contributed by atoms with Crippen LogP contribution in [0.1, 0.15) is 38.8 Å². The van der Waals surface area contributed by atoms with Crippen LogP contribution >= 0.6 is 0 Å². The van der Waals surface area contributed by atoms with Crippen LogP contribution in [0.4, 0.5) is 0 Å². The van der Waals surface area contributed by atoms with Crippen LogP contribution < -0.4 is 19.7 Å². The van der Waals surface area contributed by atoms with Gasteiger partial charge in [0.05, 0.1) is 35.2 Å². The summed E-state index contributed by atoms with van der Waals surface area (Å²) in [4.78, 5) is 4.77. The standard InChI is InChI=1S/C43H33N5OSi.Pt/c1-43(2,3)29-20-21-45-41(23-29)48-35-18-14-28(26-44)22-34(35)33-17-15-31(24-37(33)48)49-32-16-19-39-38(25-32)47-27-46(30-10-7-6-8-11-30)36-12-9-13-40(42(36)47)50(39,4)5;/h6-23H,1-5H3;/q-2;/i6D,7D,8D,10D,11D;. The van der Waals surface area contributed by atoms with Crippen LogP contribution in [-0.2, 0) is 26.5 Å². The topological polar surface area (TPSA) is 59.6 Å². The Morgan fingerprint density at radius 3 is 2.47 bits per heavy atom. The molecule has 0 saturated carbocycles. The second kappa shape index (κ2) is 11.9. The Morgan fingerprint density at radius 1 is 0.902 bits per heavy atom. The summed E-state index contributed by atoms with van der Waals surface area (Å²) in [5, 5.41) is 13.8. The summed E-state index contributed by atoms with van der Waals surface area (Å²) < 4.78 is 54.3. The van der Waals surface area contributed by atoms with E-state index in [1.165, 1.54) is 0 Å². The molecule has 0 radical (unpaired) electrons. The number of aromatic nitrogens is 4. The zero-order valence-electron chi connectivity index (χ0n) is 33.5. The summed E-state index contributed by atoms with van der Waals surface area (Å²) >= 11 is 0. The molecule has 0 aliphatic carbocycles. The quantitative estimate of drug-likeness (QED) is 0.103. The first kappa shape index (κ1) is 27.4. The van der Waals surface area contributed by atoms with Crippen molar-refractivity contribution in [3.8, 4) is 34.8 Å². The Kier molecular flexibility index (Phi) is 6.41. The van der Waals surface area contributed by atoms with E-state index in [0.29, 0.717) is 22.6 Å². The van der Waals surface area contributed by atoms with Crippen LogP contribution in [0.25, 0.3) is 50.0 Å². The van der Waals surface area contributed by atoms with Crippen molar-refractivity contribution >= 4 is 51.3 Å². The number of benzene rings is 5. The van der Waals surface area contributed by atoms with Gasteiger partial charge in [-0.1, -0.05) is 80.9 Å². The maximum Gasteiger partial charge on any atom is 0.268 e. The van der Waals surface area contributed by atoms with Crippen molar-refractivity contribution < 1.29 is 37.2 Å². The number of para-hydroxylation sites is 2. The molecule has 5 aromatic carbocycles. The second-order valence-electron chi connectivity index (χ2n) is 14.1. The van der Waals surface area contributed by atoms with E-state index < -0.39 is 26.2 Å². The first-order chi connectivity index (χ1) is 26.2. The smallest absolute Gasteiger partial charge is 0.268 e. The Balaban J connectivity index is 0.00000441. The summed E-state index contributed by atoms with van der Waals surface area (Å²) in [7, 11) is -2.33. The van der Waals surface area contributed by atoms with Crippen molar-refractivity contribution in [1.29, 1.82) is 5.26 Å². The molecule has 0 bridgehead atoms. The molecule has 0 unspecified atom stereocenters. The van der Waals surface area contributed by atoms with Crippen LogP contribution in [0.5, 0.6) is 11.5 Å². The van der Waals surface area contributed by atoms with Gasteiger partial charge in [0.15, 0.2) is 0 Å². The normalized spacial score (nSPS) is 14.5. The molecular formula is C43H33N5OPtSi-2. The molecule has 0 N–H and O–H groups in total. The number of hydrogen-bond acceptors (Lipinski definition) is 3. The molecule has 3 aromatic heterocycles. The van der Waals surface area contributed by atoms with Gasteiger partial charge in [0.1, 0.15) is 5.82 Å². The fourth-order valence-electron chi connectivity index (χ4n) is 7.11. The zero-order chi connectivity index (χ0) is 38.7. The van der Waals surface area contributed by atoms with Gasteiger partial charge in [0.2, 0.25) is 0 Å². The minimum Gasteiger partial charge on any atom is -0.510 e. The van der Waals surface area contributed by atoms with Gasteiger partial charge in [-0.15, -0.1) is 34.8 Å². The molecule has 1 aliphatic rings. The summed E-state index contributed by atoms with van der Waals surface area (Å²) in [5.41, 5.74) is 5.53. The molecule has 0 atom stereocenters. The van der Waals surface area contributed by atoms with Crippen molar-refractivity contribution in [3.63, 3.8) is 0 Å². The van der Waals surface area contributed by atoms with E-state index in [1.807, 2.05) is 65.4 Å². The van der Waals surface area contributed by atoms with E-state index in [-0.39, 0.29) is 44.3 Å². The molecule has 1 aliphatic heterocycles. The Hall–Kier alpha value is -5.28. The average molecular weight is 864 g/mol. The third-order valence-electron chi connectivity index (χ3n) is 9.70. The van der Waals surface area contributed by atoms with Gasteiger partial charge in [-0.3, -0.25) is 4.57 Å². The van der Waals surface area contributed by atoms with Gasteiger partial charge < -0.3 is 13.9 Å². The average Bonchev–Trinajstić information content (AvgIpc) is 3.71. The molecular weight excluding hydrogens is 826 g/mol. The summed E-state index contributed by atoms with van der Waals surface area (Å²) in [6.07, 6.45) is 5.16. The van der Waals surface area contributed by atoms with E-state index in [2.05, 4.69) is 81.2 Å². The van der Waals surface area contributed by atoms with Gasteiger partial charge in [-0.2, -0.15) is 17.4 Å². The molecule has 8 heteroatoms. The molecule has 0 amide bonds. The summed E-state index contributed by atoms with van der Waals surface area (Å²) in [6, 6.07) is 30.9. The van der Waals surface area contributed by atoms with E-state index in [1.54, 1.807) is 4.57 Å². The Morgan fingerprint density at radius 2 is 1.69 bits per heavy atom. The largest absolute Gasteiger partial charge is 0.510 e. The number of pyridine rings is 1. The van der Waals surface area contributed by atoms with E-state index in [4.69, 9.17) is 16.6 Å². The van der Waals surface area contributed by atoms with Crippen molar-refractivity contribution in [3.05, 3.63) is 139 Å². The third kappa shape index (κ3) is 5.16. The second-order valence-corrected chi connectivity index (χ2v) is 18.5. The van der Waals surface area contributed by atoms with E-state index in [0.717, 1.165) is 54.8 Å². The SMILES string of the molecule is [2H]c1c([2H])c([2H])c(-[n+]2[c-]n3c4c(cccc42)[Si](C)(C)c2ccc(Oc4[c-]c5c(cc4)c4cc(C#N)ccc4n5-c4cc(C(C)(C)C)ccn4)[c-]c2-3)c([2H])c1[2H].[Pt]. The van der Waals surface area contributed by atoms with Gasteiger partial charge >= 0.3 is 0 Å². The van der Waals surface area contributed by atoms with Gasteiger partial charge in [-0.25, -0.2) is 4.98 Å². The van der Waals surface area contributed by atoms with Crippen molar-refractivity contribution in [1.82, 2.24) is 14.1 Å². The Bertz CT molecular complexity index is 2990. The maximum absolute atomic E-state index is 9.72. The molecule has 0 saturated heterocycles.